The summed E-state index contributed by atoms with van der Waals surface area (Å²) in [5.41, 5.74) is 8.01. The lowest BCUT2D eigenvalue weighted by Crippen LogP contribution is -2.22. The monoisotopic (exact) mass is 207 g/mol. The lowest BCUT2D eigenvalue weighted by molar-refractivity contribution is 0.183. The van der Waals surface area contributed by atoms with Crippen molar-refractivity contribution >= 4 is 0 Å². The number of hydrogen-bond donors (Lipinski definition) is 2. The summed E-state index contributed by atoms with van der Waals surface area (Å²) in [6, 6.07) is 8.38. The van der Waals surface area contributed by atoms with Gasteiger partial charge in [0.2, 0.25) is 0 Å². The van der Waals surface area contributed by atoms with E-state index in [0.717, 1.165) is 5.56 Å². The third kappa shape index (κ3) is 3.65. The predicted octanol–water partition coefficient (Wildman–Crippen LogP) is 1.85. The highest BCUT2D eigenvalue weighted by Gasteiger charge is 2.13. The fourth-order valence-corrected chi connectivity index (χ4v) is 1.50. The summed E-state index contributed by atoms with van der Waals surface area (Å²) in [5, 5.41) is 9.42. The highest BCUT2D eigenvalue weighted by Crippen LogP contribution is 2.22. The van der Waals surface area contributed by atoms with Crippen molar-refractivity contribution in [2.45, 2.75) is 38.7 Å². The quantitative estimate of drug-likeness (QED) is 0.794. The number of benzene rings is 1. The average Bonchev–Trinajstić information content (AvgIpc) is 2.17. The molecule has 0 aliphatic rings. The Kier molecular flexibility index (Phi) is 3.89. The largest absolute Gasteiger partial charge is 0.391 e. The maximum absolute atomic E-state index is 9.42. The van der Waals surface area contributed by atoms with Gasteiger partial charge in [0.15, 0.2) is 0 Å². The van der Waals surface area contributed by atoms with Gasteiger partial charge in [-0.05, 0) is 23.0 Å². The Hall–Kier alpha value is -0.860. The van der Waals surface area contributed by atoms with Gasteiger partial charge in [0.1, 0.15) is 0 Å². The standard InChI is InChI=1S/C13H21NO/c1-13(2,3)11-6-4-10(5-7-11)8-12(15)9-14/h4-7,12,15H,8-9,14H2,1-3H3. The summed E-state index contributed by atoms with van der Waals surface area (Å²) in [7, 11) is 0. The van der Waals surface area contributed by atoms with Gasteiger partial charge in [-0.1, -0.05) is 45.0 Å². The van der Waals surface area contributed by atoms with Crippen molar-refractivity contribution in [2.24, 2.45) is 5.73 Å². The Bertz CT molecular complexity index is 297. The first kappa shape index (κ1) is 12.2. The summed E-state index contributed by atoms with van der Waals surface area (Å²) in [6.45, 7) is 6.89. The second-order valence-electron chi connectivity index (χ2n) is 5.04. The van der Waals surface area contributed by atoms with Gasteiger partial charge >= 0.3 is 0 Å². The third-order valence-electron chi connectivity index (χ3n) is 2.56. The minimum Gasteiger partial charge on any atom is -0.391 e. The van der Waals surface area contributed by atoms with E-state index < -0.39 is 6.10 Å². The highest BCUT2D eigenvalue weighted by molar-refractivity contribution is 5.27. The number of hydrogen-bond acceptors (Lipinski definition) is 2. The number of aliphatic hydroxyl groups is 1. The van der Waals surface area contributed by atoms with Crippen LogP contribution in [0, 0.1) is 0 Å². The minimum absolute atomic E-state index is 0.186. The Morgan fingerprint density at radius 2 is 1.73 bits per heavy atom. The van der Waals surface area contributed by atoms with E-state index in [9.17, 15) is 5.11 Å². The molecule has 1 unspecified atom stereocenters. The van der Waals surface area contributed by atoms with Gasteiger partial charge in [0.05, 0.1) is 6.10 Å². The number of rotatable bonds is 3. The molecule has 0 aliphatic heterocycles. The average molecular weight is 207 g/mol. The van der Waals surface area contributed by atoms with Crippen LogP contribution in [0.4, 0.5) is 0 Å². The molecule has 0 saturated heterocycles. The molecule has 0 bridgehead atoms. The van der Waals surface area contributed by atoms with Crippen molar-refractivity contribution in [1.29, 1.82) is 0 Å². The molecular weight excluding hydrogens is 186 g/mol. The van der Waals surface area contributed by atoms with Gasteiger partial charge in [-0.25, -0.2) is 0 Å². The van der Waals surface area contributed by atoms with Gasteiger partial charge in [-0.3, -0.25) is 0 Å². The SMILES string of the molecule is CC(C)(C)c1ccc(CC(O)CN)cc1. The number of aliphatic hydroxyl groups excluding tert-OH is 1. The van der Waals surface area contributed by atoms with E-state index >= 15 is 0 Å². The first-order chi connectivity index (χ1) is 6.93. The molecule has 1 atom stereocenters. The van der Waals surface area contributed by atoms with Gasteiger partial charge in [0.25, 0.3) is 0 Å². The molecule has 84 valence electrons. The topological polar surface area (TPSA) is 46.2 Å². The first-order valence-corrected chi connectivity index (χ1v) is 5.41. The van der Waals surface area contributed by atoms with E-state index in [1.165, 1.54) is 5.56 Å². The second-order valence-corrected chi connectivity index (χ2v) is 5.04. The Morgan fingerprint density at radius 1 is 1.20 bits per heavy atom. The van der Waals surface area contributed by atoms with E-state index in [1.54, 1.807) is 0 Å². The van der Waals surface area contributed by atoms with Crippen LogP contribution in [0.2, 0.25) is 0 Å². The van der Waals surface area contributed by atoms with Gasteiger partial charge in [0, 0.05) is 6.54 Å². The van der Waals surface area contributed by atoms with E-state index in [1.807, 2.05) is 0 Å². The van der Waals surface area contributed by atoms with Gasteiger partial charge in [-0.15, -0.1) is 0 Å². The molecule has 1 rings (SSSR count). The zero-order chi connectivity index (χ0) is 11.5. The third-order valence-corrected chi connectivity index (χ3v) is 2.56. The van der Waals surface area contributed by atoms with Gasteiger partial charge in [-0.2, -0.15) is 0 Å². The van der Waals surface area contributed by atoms with Crippen LogP contribution in [-0.4, -0.2) is 17.8 Å². The summed E-state index contributed by atoms with van der Waals surface area (Å²) in [6.07, 6.45) is 0.214. The van der Waals surface area contributed by atoms with Crippen LogP contribution in [0.3, 0.4) is 0 Å². The van der Waals surface area contributed by atoms with E-state index in [-0.39, 0.29) is 5.41 Å². The molecule has 2 nitrogen and oxygen atoms in total. The molecule has 0 amide bonds. The molecule has 15 heavy (non-hydrogen) atoms. The Labute approximate surface area is 92.1 Å². The van der Waals surface area contributed by atoms with Crippen LogP contribution < -0.4 is 5.73 Å². The van der Waals surface area contributed by atoms with E-state index in [4.69, 9.17) is 5.73 Å². The molecular formula is C13H21NO. The smallest absolute Gasteiger partial charge is 0.0702 e. The zero-order valence-electron chi connectivity index (χ0n) is 9.83. The van der Waals surface area contributed by atoms with Crippen LogP contribution in [-0.2, 0) is 11.8 Å². The van der Waals surface area contributed by atoms with Gasteiger partial charge < -0.3 is 10.8 Å². The normalized spacial score (nSPS) is 13.9. The van der Waals surface area contributed by atoms with Crippen molar-refractivity contribution in [3.63, 3.8) is 0 Å². The molecule has 0 spiro atoms. The van der Waals surface area contributed by atoms with E-state index in [0.29, 0.717) is 13.0 Å². The molecule has 0 aromatic heterocycles. The molecule has 1 aromatic rings. The Morgan fingerprint density at radius 3 is 2.13 bits per heavy atom. The molecule has 2 heteroatoms. The molecule has 0 saturated carbocycles. The van der Waals surface area contributed by atoms with Crippen molar-refractivity contribution in [3.8, 4) is 0 Å². The summed E-state index contributed by atoms with van der Waals surface area (Å²) in [4.78, 5) is 0. The van der Waals surface area contributed by atoms with Crippen molar-refractivity contribution in [2.75, 3.05) is 6.54 Å². The van der Waals surface area contributed by atoms with Crippen LogP contribution in [0.25, 0.3) is 0 Å². The second kappa shape index (κ2) is 4.77. The van der Waals surface area contributed by atoms with Crippen LogP contribution in [0.5, 0.6) is 0 Å². The molecule has 0 heterocycles. The fraction of sp³-hybridized carbons (Fsp3) is 0.538. The first-order valence-electron chi connectivity index (χ1n) is 5.41. The van der Waals surface area contributed by atoms with Crippen LogP contribution >= 0.6 is 0 Å². The Balaban J connectivity index is 2.73. The lowest BCUT2D eigenvalue weighted by Gasteiger charge is -2.19. The molecule has 0 aliphatic carbocycles. The van der Waals surface area contributed by atoms with Crippen molar-refractivity contribution in [1.82, 2.24) is 0 Å². The summed E-state index contributed by atoms with van der Waals surface area (Å²) in [5.74, 6) is 0. The maximum atomic E-state index is 9.42. The van der Waals surface area contributed by atoms with E-state index in [2.05, 4.69) is 45.0 Å². The molecule has 0 fully saturated rings. The molecule has 3 N–H and O–H groups in total. The minimum atomic E-state index is -0.425. The number of nitrogens with two attached hydrogens (primary N) is 1. The van der Waals surface area contributed by atoms with Crippen molar-refractivity contribution in [3.05, 3.63) is 35.4 Å². The molecule has 0 radical (unpaired) electrons. The maximum Gasteiger partial charge on any atom is 0.0702 e. The van der Waals surface area contributed by atoms with Crippen LogP contribution in [0.15, 0.2) is 24.3 Å². The summed E-state index contributed by atoms with van der Waals surface area (Å²) >= 11 is 0. The van der Waals surface area contributed by atoms with Crippen molar-refractivity contribution < 1.29 is 5.11 Å². The highest BCUT2D eigenvalue weighted by atomic mass is 16.3. The predicted molar refractivity (Wildman–Crippen MR) is 63.9 cm³/mol. The van der Waals surface area contributed by atoms with Crippen LogP contribution in [0.1, 0.15) is 31.9 Å². The molecule has 1 aromatic carbocycles. The lowest BCUT2D eigenvalue weighted by atomic mass is 9.86. The fourth-order valence-electron chi connectivity index (χ4n) is 1.50. The zero-order valence-corrected chi connectivity index (χ0v) is 9.83. The summed E-state index contributed by atoms with van der Waals surface area (Å²) < 4.78 is 0.